The van der Waals surface area contributed by atoms with Gasteiger partial charge < -0.3 is 5.32 Å². The molecule has 2 heteroatoms. The summed E-state index contributed by atoms with van der Waals surface area (Å²) in [5.41, 5.74) is 0.784. The van der Waals surface area contributed by atoms with Gasteiger partial charge in [-0.1, -0.05) is 46.0 Å². The first-order valence-corrected chi connectivity index (χ1v) is 9.01. The third-order valence-corrected chi connectivity index (χ3v) is 5.83. The van der Waals surface area contributed by atoms with Gasteiger partial charge in [0, 0.05) is 30.7 Å². The van der Waals surface area contributed by atoms with E-state index in [1.165, 1.54) is 64.5 Å². The standard InChI is InChI=1S/C18H36N2/c1-5-7-10-16(6-2)13-20-15-18(11-8-9-12-18)19-14-17(20,3)4/h16,19H,5-15H2,1-4H3. The zero-order chi connectivity index (χ0) is 14.6. The molecule has 1 unspecified atom stereocenters. The van der Waals surface area contributed by atoms with Gasteiger partial charge in [0.05, 0.1) is 0 Å². The van der Waals surface area contributed by atoms with Crippen LogP contribution in [0.15, 0.2) is 0 Å². The maximum absolute atomic E-state index is 3.91. The Hall–Kier alpha value is -0.0800. The maximum atomic E-state index is 3.91. The van der Waals surface area contributed by atoms with Crippen molar-refractivity contribution in [3.8, 4) is 0 Å². The topological polar surface area (TPSA) is 15.3 Å². The highest BCUT2D eigenvalue weighted by atomic mass is 15.3. The molecule has 1 aliphatic carbocycles. The fourth-order valence-corrected chi connectivity index (χ4v) is 4.08. The van der Waals surface area contributed by atoms with Crippen molar-refractivity contribution < 1.29 is 0 Å². The average molecular weight is 280 g/mol. The van der Waals surface area contributed by atoms with Crippen LogP contribution in [0.25, 0.3) is 0 Å². The Balaban J connectivity index is 1.98. The van der Waals surface area contributed by atoms with Gasteiger partial charge in [-0.15, -0.1) is 0 Å². The molecular weight excluding hydrogens is 244 g/mol. The molecule has 0 bridgehead atoms. The molecule has 0 aromatic rings. The van der Waals surface area contributed by atoms with Crippen LogP contribution in [0, 0.1) is 5.92 Å². The van der Waals surface area contributed by atoms with Crippen molar-refractivity contribution in [1.82, 2.24) is 10.2 Å². The monoisotopic (exact) mass is 280 g/mol. The van der Waals surface area contributed by atoms with Crippen molar-refractivity contribution in [3.05, 3.63) is 0 Å². The molecule has 0 aromatic carbocycles. The zero-order valence-corrected chi connectivity index (χ0v) is 14.3. The van der Waals surface area contributed by atoms with E-state index in [9.17, 15) is 0 Å². The van der Waals surface area contributed by atoms with Gasteiger partial charge in [0.15, 0.2) is 0 Å². The Morgan fingerprint density at radius 1 is 1.15 bits per heavy atom. The molecule has 1 atom stereocenters. The third kappa shape index (κ3) is 3.76. The quantitative estimate of drug-likeness (QED) is 0.784. The van der Waals surface area contributed by atoms with E-state index in [1.807, 2.05) is 0 Å². The smallest absolute Gasteiger partial charge is 0.0309 e. The van der Waals surface area contributed by atoms with E-state index in [-0.39, 0.29) is 0 Å². The van der Waals surface area contributed by atoms with Crippen LogP contribution >= 0.6 is 0 Å². The van der Waals surface area contributed by atoms with E-state index in [0.29, 0.717) is 11.1 Å². The number of nitrogens with zero attached hydrogens (tertiary/aromatic N) is 1. The predicted molar refractivity (Wildman–Crippen MR) is 88.2 cm³/mol. The van der Waals surface area contributed by atoms with E-state index in [4.69, 9.17) is 0 Å². The van der Waals surface area contributed by atoms with Gasteiger partial charge in [-0.05, 0) is 39.0 Å². The number of unbranched alkanes of at least 4 members (excludes halogenated alkanes) is 1. The van der Waals surface area contributed by atoms with Gasteiger partial charge in [0.1, 0.15) is 0 Å². The van der Waals surface area contributed by atoms with Crippen molar-refractivity contribution in [2.75, 3.05) is 19.6 Å². The average Bonchev–Trinajstić information content (AvgIpc) is 2.88. The van der Waals surface area contributed by atoms with Crippen LogP contribution in [0.5, 0.6) is 0 Å². The molecule has 2 nitrogen and oxygen atoms in total. The van der Waals surface area contributed by atoms with Crippen molar-refractivity contribution in [1.29, 1.82) is 0 Å². The lowest BCUT2D eigenvalue weighted by Gasteiger charge is -2.52. The summed E-state index contributed by atoms with van der Waals surface area (Å²) in [5.74, 6) is 0.894. The van der Waals surface area contributed by atoms with E-state index in [2.05, 4.69) is 37.9 Å². The van der Waals surface area contributed by atoms with Gasteiger partial charge in [0.2, 0.25) is 0 Å². The summed E-state index contributed by atoms with van der Waals surface area (Å²) < 4.78 is 0. The van der Waals surface area contributed by atoms with Crippen LogP contribution < -0.4 is 5.32 Å². The molecule has 1 saturated carbocycles. The SMILES string of the molecule is CCCCC(CC)CN1CC2(CCCC2)NCC1(C)C. The number of nitrogens with one attached hydrogen (secondary N) is 1. The minimum atomic E-state index is 0.327. The number of piperazine rings is 1. The second kappa shape index (κ2) is 6.79. The minimum Gasteiger partial charge on any atom is -0.308 e. The molecule has 2 rings (SSSR count). The van der Waals surface area contributed by atoms with Gasteiger partial charge in [-0.2, -0.15) is 0 Å². The molecule has 20 heavy (non-hydrogen) atoms. The molecule has 1 N–H and O–H groups in total. The van der Waals surface area contributed by atoms with Gasteiger partial charge in [-0.25, -0.2) is 0 Å². The van der Waals surface area contributed by atoms with Crippen LogP contribution in [0.4, 0.5) is 0 Å². The van der Waals surface area contributed by atoms with E-state index in [1.54, 1.807) is 0 Å². The molecule has 0 amide bonds. The summed E-state index contributed by atoms with van der Waals surface area (Å²) in [6, 6.07) is 0. The Labute approximate surface area is 126 Å². The lowest BCUT2D eigenvalue weighted by atomic mass is 9.86. The Bertz CT molecular complexity index is 292. The van der Waals surface area contributed by atoms with E-state index in [0.717, 1.165) is 12.5 Å². The molecule has 0 aromatic heterocycles. The number of rotatable bonds is 6. The van der Waals surface area contributed by atoms with Crippen molar-refractivity contribution in [3.63, 3.8) is 0 Å². The second-order valence-electron chi connectivity index (χ2n) is 7.95. The molecule has 2 aliphatic rings. The molecule has 1 spiro atoms. The Morgan fingerprint density at radius 3 is 2.45 bits per heavy atom. The maximum Gasteiger partial charge on any atom is 0.0309 e. The van der Waals surface area contributed by atoms with Crippen LogP contribution in [-0.2, 0) is 0 Å². The lowest BCUT2D eigenvalue weighted by molar-refractivity contribution is 0.0146. The first kappa shape index (κ1) is 16.3. The fourth-order valence-electron chi connectivity index (χ4n) is 4.08. The number of hydrogen-bond acceptors (Lipinski definition) is 2. The molecule has 1 aliphatic heterocycles. The summed E-state index contributed by atoms with van der Waals surface area (Å²) in [5, 5.41) is 3.91. The molecule has 1 saturated heterocycles. The summed E-state index contributed by atoms with van der Waals surface area (Å²) in [4.78, 5) is 2.82. The first-order chi connectivity index (χ1) is 9.51. The number of hydrogen-bond donors (Lipinski definition) is 1. The third-order valence-electron chi connectivity index (χ3n) is 5.83. The van der Waals surface area contributed by atoms with E-state index < -0.39 is 0 Å². The Morgan fingerprint density at radius 2 is 1.85 bits per heavy atom. The van der Waals surface area contributed by atoms with Crippen molar-refractivity contribution >= 4 is 0 Å². The summed E-state index contributed by atoms with van der Waals surface area (Å²) >= 11 is 0. The first-order valence-electron chi connectivity index (χ1n) is 9.01. The summed E-state index contributed by atoms with van der Waals surface area (Å²) in [6.07, 6.45) is 11.1. The molecule has 2 fully saturated rings. The zero-order valence-electron chi connectivity index (χ0n) is 14.3. The minimum absolute atomic E-state index is 0.327. The highest BCUT2D eigenvalue weighted by molar-refractivity contribution is 5.04. The highest BCUT2D eigenvalue weighted by Crippen LogP contribution is 2.36. The van der Waals surface area contributed by atoms with Gasteiger partial charge in [0.25, 0.3) is 0 Å². The summed E-state index contributed by atoms with van der Waals surface area (Å²) in [7, 11) is 0. The normalized spacial score (nSPS) is 27.0. The van der Waals surface area contributed by atoms with Crippen LogP contribution in [0.1, 0.15) is 79.1 Å². The molecule has 0 radical (unpaired) electrons. The van der Waals surface area contributed by atoms with Crippen LogP contribution in [0.3, 0.4) is 0 Å². The molecule has 1 heterocycles. The van der Waals surface area contributed by atoms with Gasteiger partial charge in [-0.3, -0.25) is 4.90 Å². The van der Waals surface area contributed by atoms with Crippen LogP contribution in [-0.4, -0.2) is 35.6 Å². The highest BCUT2D eigenvalue weighted by Gasteiger charge is 2.44. The van der Waals surface area contributed by atoms with Crippen molar-refractivity contribution in [2.24, 2.45) is 5.92 Å². The van der Waals surface area contributed by atoms with E-state index >= 15 is 0 Å². The summed E-state index contributed by atoms with van der Waals surface area (Å²) in [6.45, 7) is 13.3. The lowest BCUT2D eigenvalue weighted by Crippen LogP contribution is -2.67. The predicted octanol–water partition coefficient (Wildman–Crippen LogP) is 4.20. The van der Waals surface area contributed by atoms with Crippen molar-refractivity contribution in [2.45, 2.75) is 90.1 Å². The fraction of sp³-hybridized carbons (Fsp3) is 1.00. The Kier molecular flexibility index (Phi) is 5.53. The molecular formula is C18H36N2. The van der Waals surface area contributed by atoms with Gasteiger partial charge >= 0.3 is 0 Å². The molecule has 118 valence electrons. The largest absolute Gasteiger partial charge is 0.308 e. The second-order valence-corrected chi connectivity index (χ2v) is 7.95. The van der Waals surface area contributed by atoms with Crippen LogP contribution in [0.2, 0.25) is 0 Å².